The van der Waals surface area contributed by atoms with Crippen LogP contribution >= 0.6 is 0 Å². The van der Waals surface area contributed by atoms with Gasteiger partial charge in [0.25, 0.3) is 0 Å². The Morgan fingerprint density at radius 2 is 1.76 bits per heavy atom. The zero-order valence-electron chi connectivity index (χ0n) is 11.2. The maximum absolute atomic E-state index is 5.92. The van der Waals surface area contributed by atoms with E-state index in [4.69, 9.17) is 9.47 Å². The van der Waals surface area contributed by atoms with Gasteiger partial charge in [0.1, 0.15) is 0 Å². The first-order valence-corrected chi connectivity index (χ1v) is 6.96. The SMILES string of the molecule is C=C1CCC[C@@]2(C)CC3(CC[C@@]12C)OCCO3. The molecule has 2 heteroatoms. The van der Waals surface area contributed by atoms with Gasteiger partial charge in [0.15, 0.2) is 5.79 Å². The number of allylic oxidation sites excluding steroid dienone is 1. The first kappa shape index (κ1) is 11.7. The van der Waals surface area contributed by atoms with Gasteiger partial charge in [0, 0.05) is 12.8 Å². The van der Waals surface area contributed by atoms with E-state index < -0.39 is 0 Å². The van der Waals surface area contributed by atoms with Crippen LogP contribution in [0, 0.1) is 10.8 Å². The highest BCUT2D eigenvalue weighted by Gasteiger charge is 2.57. The van der Waals surface area contributed by atoms with Crippen molar-refractivity contribution in [2.24, 2.45) is 10.8 Å². The predicted molar refractivity (Wildman–Crippen MR) is 67.7 cm³/mol. The molecule has 2 saturated carbocycles. The van der Waals surface area contributed by atoms with Crippen LogP contribution in [-0.2, 0) is 9.47 Å². The minimum atomic E-state index is -0.258. The summed E-state index contributed by atoms with van der Waals surface area (Å²) >= 11 is 0. The Kier molecular flexibility index (Phi) is 2.47. The normalized spacial score (nSPS) is 44.9. The lowest BCUT2D eigenvalue weighted by molar-refractivity contribution is -0.225. The standard InChI is InChI=1S/C15H24O2/c1-12-5-4-6-13(2)11-15(16-9-10-17-15)8-7-14(12,13)3/h1,4-11H2,2-3H3/t13-,14-/m0/s1. The maximum Gasteiger partial charge on any atom is 0.169 e. The first-order chi connectivity index (χ1) is 8.00. The third kappa shape index (κ3) is 1.53. The summed E-state index contributed by atoms with van der Waals surface area (Å²) in [6.45, 7) is 10.7. The van der Waals surface area contributed by atoms with Gasteiger partial charge in [0.05, 0.1) is 13.2 Å². The van der Waals surface area contributed by atoms with E-state index in [0.717, 1.165) is 26.1 Å². The summed E-state index contributed by atoms with van der Waals surface area (Å²) in [4.78, 5) is 0. The van der Waals surface area contributed by atoms with Crippen LogP contribution in [0.15, 0.2) is 12.2 Å². The number of hydrogen-bond donors (Lipinski definition) is 0. The van der Waals surface area contributed by atoms with Crippen LogP contribution in [0.25, 0.3) is 0 Å². The largest absolute Gasteiger partial charge is 0.348 e. The van der Waals surface area contributed by atoms with Gasteiger partial charge in [-0.05, 0) is 36.5 Å². The molecule has 0 aromatic heterocycles. The smallest absolute Gasteiger partial charge is 0.169 e. The molecule has 0 bridgehead atoms. The summed E-state index contributed by atoms with van der Waals surface area (Å²) < 4.78 is 11.8. The van der Waals surface area contributed by atoms with Crippen molar-refractivity contribution in [3.8, 4) is 0 Å². The van der Waals surface area contributed by atoms with Crippen LogP contribution < -0.4 is 0 Å². The third-order valence-corrected chi connectivity index (χ3v) is 5.80. The highest BCUT2D eigenvalue weighted by molar-refractivity contribution is 5.21. The van der Waals surface area contributed by atoms with Gasteiger partial charge in [-0.3, -0.25) is 0 Å². The van der Waals surface area contributed by atoms with Crippen molar-refractivity contribution in [2.45, 2.75) is 58.2 Å². The van der Waals surface area contributed by atoms with Crippen LogP contribution in [0.1, 0.15) is 52.4 Å². The van der Waals surface area contributed by atoms with E-state index in [1.54, 1.807) is 0 Å². The fourth-order valence-corrected chi connectivity index (χ4v) is 4.30. The van der Waals surface area contributed by atoms with E-state index in [2.05, 4.69) is 20.4 Å². The lowest BCUT2D eigenvalue weighted by Crippen LogP contribution is -2.53. The molecular weight excluding hydrogens is 212 g/mol. The number of rotatable bonds is 0. The van der Waals surface area contributed by atoms with E-state index in [-0.39, 0.29) is 5.79 Å². The molecule has 1 spiro atoms. The van der Waals surface area contributed by atoms with Crippen molar-refractivity contribution < 1.29 is 9.47 Å². The molecule has 17 heavy (non-hydrogen) atoms. The molecule has 0 aromatic carbocycles. The van der Waals surface area contributed by atoms with Gasteiger partial charge in [-0.25, -0.2) is 0 Å². The molecule has 2 aliphatic carbocycles. The number of hydrogen-bond acceptors (Lipinski definition) is 2. The molecule has 2 nitrogen and oxygen atoms in total. The molecule has 3 fully saturated rings. The number of fused-ring (bicyclic) bond motifs is 1. The van der Waals surface area contributed by atoms with Crippen molar-refractivity contribution in [1.29, 1.82) is 0 Å². The first-order valence-electron chi connectivity index (χ1n) is 6.96. The molecular formula is C15H24O2. The maximum atomic E-state index is 5.92. The highest BCUT2D eigenvalue weighted by Crippen LogP contribution is 2.63. The van der Waals surface area contributed by atoms with Crippen molar-refractivity contribution in [3.05, 3.63) is 12.2 Å². The zero-order valence-corrected chi connectivity index (χ0v) is 11.2. The summed E-state index contributed by atoms with van der Waals surface area (Å²) in [5.74, 6) is -0.258. The van der Waals surface area contributed by atoms with Gasteiger partial charge < -0.3 is 9.47 Å². The van der Waals surface area contributed by atoms with Crippen molar-refractivity contribution in [2.75, 3.05) is 13.2 Å². The quantitative estimate of drug-likeness (QED) is 0.597. The fourth-order valence-electron chi connectivity index (χ4n) is 4.30. The second-order valence-electron chi connectivity index (χ2n) is 6.63. The molecule has 0 radical (unpaired) electrons. The molecule has 3 rings (SSSR count). The van der Waals surface area contributed by atoms with E-state index in [9.17, 15) is 0 Å². The van der Waals surface area contributed by atoms with Gasteiger partial charge >= 0.3 is 0 Å². The van der Waals surface area contributed by atoms with Crippen LogP contribution in [0.4, 0.5) is 0 Å². The second kappa shape index (κ2) is 3.58. The average Bonchev–Trinajstić information content (AvgIpc) is 2.71. The lowest BCUT2D eigenvalue weighted by atomic mass is 9.49. The zero-order chi connectivity index (χ0) is 12.1. The van der Waals surface area contributed by atoms with Crippen molar-refractivity contribution in [1.82, 2.24) is 0 Å². The predicted octanol–water partition coefficient (Wildman–Crippen LogP) is 3.67. The van der Waals surface area contributed by atoms with E-state index in [1.807, 2.05) is 0 Å². The van der Waals surface area contributed by atoms with Gasteiger partial charge in [-0.2, -0.15) is 0 Å². The van der Waals surface area contributed by atoms with Crippen LogP contribution in [0.5, 0.6) is 0 Å². The molecule has 96 valence electrons. The van der Waals surface area contributed by atoms with E-state index >= 15 is 0 Å². The van der Waals surface area contributed by atoms with Gasteiger partial charge in [-0.15, -0.1) is 0 Å². The summed E-state index contributed by atoms with van der Waals surface area (Å²) in [5, 5.41) is 0. The average molecular weight is 236 g/mol. The third-order valence-electron chi connectivity index (χ3n) is 5.80. The topological polar surface area (TPSA) is 18.5 Å². The summed E-state index contributed by atoms with van der Waals surface area (Å²) in [6, 6.07) is 0. The molecule has 3 aliphatic rings. The molecule has 0 amide bonds. The van der Waals surface area contributed by atoms with Crippen LogP contribution in [-0.4, -0.2) is 19.0 Å². The molecule has 1 saturated heterocycles. The lowest BCUT2D eigenvalue weighted by Gasteiger charge is -2.58. The highest BCUT2D eigenvalue weighted by atomic mass is 16.7. The molecule has 1 heterocycles. The van der Waals surface area contributed by atoms with Crippen LogP contribution in [0.2, 0.25) is 0 Å². The molecule has 2 atom stereocenters. The minimum absolute atomic E-state index is 0.258. The summed E-state index contributed by atoms with van der Waals surface area (Å²) in [6.07, 6.45) is 7.04. The Hall–Kier alpha value is -0.340. The van der Waals surface area contributed by atoms with Crippen molar-refractivity contribution in [3.63, 3.8) is 0 Å². The Bertz CT molecular complexity index is 343. The summed E-state index contributed by atoms with van der Waals surface area (Å²) in [5.41, 5.74) is 2.07. The fraction of sp³-hybridized carbons (Fsp3) is 0.867. The van der Waals surface area contributed by atoms with Crippen LogP contribution in [0.3, 0.4) is 0 Å². The molecule has 1 aliphatic heterocycles. The Morgan fingerprint density at radius 1 is 1.06 bits per heavy atom. The molecule has 0 aromatic rings. The Labute approximate surface area is 104 Å². The van der Waals surface area contributed by atoms with Crippen molar-refractivity contribution >= 4 is 0 Å². The Balaban J connectivity index is 1.91. The molecule has 0 unspecified atom stereocenters. The Morgan fingerprint density at radius 3 is 2.47 bits per heavy atom. The van der Waals surface area contributed by atoms with E-state index in [1.165, 1.54) is 31.3 Å². The van der Waals surface area contributed by atoms with E-state index in [0.29, 0.717) is 10.8 Å². The van der Waals surface area contributed by atoms with Gasteiger partial charge in [0.2, 0.25) is 0 Å². The molecule has 0 N–H and O–H groups in total. The number of ether oxygens (including phenoxy) is 2. The monoisotopic (exact) mass is 236 g/mol. The second-order valence-corrected chi connectivity index (χ2v) is 6.63. The minimum Gasteiger partial charge on any atom is -0.348 e. The van der Waals surface area contributed by atoms with Gasteiger partial charge in [-0.1, -0.05) is 26.0 Å². The summed E-state index contributed by atoms with van der Waals surface area (Å²) in [7, 11) is 0.